The van der Waals surface area contributed by atoms with Gasteiger partial charge in [-0.3, -0.25) is 0 Å². The smallest absolute Gasteiger partial charge is 0.243 e. The number of aryl methyl sites for hydroxylation is 6. The van der Waals surface area contributed by atoms with Crippen molar-refractivity contribution in [2.45, 2.75) is 83.6 Å². The SMILES string of the molecule is COc1ccccc1CN(CCCCCCNS(=O)(=O)c1c(C)cc(C)cc1C)S(=O)(=O)c1c(C)cc(C)cc1C. The number of rotatable bonds is 14. The number of sulfonamides is 2. The first-order valence-corrected chi connectivity index (χ1v) is 17.0. The standard InChI is InChI=1S/C32H44N2O5S2/c1-23-18-25(3)31(26(4)19-23)40(35,36)33-16-12-8-9-13-17-34(22-29-14-10-11-15-30(29)39-7)41(37,38)32-27(5)20-24(2)21-28(32)6/h10-11,14-15,18-21,33H,8-9,12-13,16-17,22H2,1-7H3. The molecule has 0 saturated carbocycles. The predicted octanol–water partition coefficient (Wildman–Crippen LogP) is 6.28. The summed E-state index contributed by atoms with van der Waals surface area (Å²) in [6.07, 6.45) is 2.87. The Morgan fingerprint density at radius 2 is 1.22 bits per heavy atom. The van der Waals surface area contributed by atoms with E-state index in [0.717, 1.165) is 51.8 Å². The molecule has 0 aliphatic rings. The van der Waals surface area contributed by atoms with Gasteiger partial charge in [0.15, 0.2) is 0 Å². The molecule has 224 valence electrons. The third-order valence-corrected chi connectivity index (χ3v) is 11.2. The second-order valence-corrected chi connectivity index (χ2v) is 14.5. The van der Waals surface area contributed by atoms with Crippen LogP contribution in [0.15, 0.2) is 58.3 Å². The number of hydrogen-bond acceptors (Lipinski definition) is 5. The van der Waals surface area contributed by atoms with Crippen LogP contribution in [0.1, 0.15) is 64.6 Å². The van der Waals surface area contributed by atoms with Gasteiger partial charge in [0.1, 0.15) is 5.75 Å². The molecule has 0 fully saturated rings. The van der Waals surface area contributed by atoms with Gasteiger partial charge in [-0.05, 0) is 82.7 Å². The van der Waals surface area contributed by atoms with Gasteiger partial charge in [0.2, 0.25) is 20.0 Å². The van der Waals surface area contributed by atoms with Crippen LogP contribution in [0.25, 0.3) is 0 Å². The molecule has 0 aliphatic carbocycles. The Labute approximate surface area is 247 Å². The summed E-state index contributed by atoms with van der Waals surface area (Å²) in [6.45, 7) is 12.1. The summed E-state index contributed by atoms with van der Waals surface area (Å²) in [5.74, 6) is 0.649. The summed E-state index contributed by atoms with van der Waals surface area (Å²) in [5, 5.41) is 0. The highest BCUT2D eigenvalue weighted by Crippen LogP contribution is 2.29. The number of ether oxygens (including phenoxy) is 1. The van der Waals surface area contributed by atoms with E-state index in [9.17, 15) is 16.8 Å². The molecule has 0 aliphatic heterocycles. The highest BCUT2D eigenvalue weighted by Gasteiger charge is 2.28. The second kappa shape index (κ2) is 14.0. The highest BCUT2D eigenvalue weighted by molar-refractivity contribution is 7.89. The van der Waals surface area contributed by atoms with Gasteiger partial charge >= 0.3 is 0 Å². The van der Waals surface area contributed by atoms with E-state index in [0.29, 0.717) is 41.5 Å². The maximum absolute atomic E-state index is 14.0. The largest absolute Gasteiger partial charge is 0.496 e. The van der Waals surface area contributed by atoms with Gasteiger partial charge in [-0.15, -0.1) is 0 Å². The number of benzene rings is 3. The Bertz CT molecular complexity index is 1540. The Morgan fingerprint density at radius 3 is 1.78 bits per heavy atom. The molecule has 0 saturated heterocycles. The molecule has 0 bridgehead atoms. The van der Waals surface area contributed by atoms with E-state index in [1.54, 1.807) is 11.4 Å². The number of hydrogen-bond donors (Lipinski definition) is 1. The van der Waals surface area contributed by atoms with E-state index in [4.69, 9.17) is 4.74 Å². The van der Waals surface area contributed by atoms with E-state index < -0.39 is 20.0 Å². The molecule has 0 aromatic heterocycles. The van der Waals surface area contributed by atoms with Gasteiger partial charge in [0.25, 0.3) is 0 Å². The second-order valence-electron chi connectivity index (χ2n) is 10.9. The molecule has 41 heavy (non-hydrogen) atoms. The summed E-state index contributed by atoms with van der Waals surface area (Å²) in [5.41, 5.74) is 5.82. The normalized spacial score (nSPS) is 12.2. The van der Waals surface area contributed by atoms with Crippen molar-refractivity contribution in [2.75, 3.05) is 20.2 Å². The number of nitrogens with one attached hydrogen (secondary N) is 1. The van der Waals surface area contributed by atoms with E-state index in [-0.39, 0.29) is 6.54 Å². The van der Waals surface area contributed by atoms with E-state index in [2.05, 4.69) is 4.72 Å². The number of unbranched alkanes of at least 4 members (excludes halogenated alkanes) is 3. The van der Waals surface area contributed by atoms with E-state index in [1.165, 1.54) is 0 Å². The molecule has 9 heteroatoms. The lowest BCUT2D eigenvalue weighted by Gasteiger charge is -2.25. The summed E-state index contributed by atoms with van der Waals surface area (Å²) in [4.78, 5) is 0.705. The molecular formula is C32H44N2O5S2. The molecule has 7 nitrogen and oxygen atoms in total. The van der Waals surface area contributed by atoms with Crippen LogP contribution in [0.3, 0.4) is 0 Å². The number of para-hydroxylation sites is 1. The molecule has 3 aromatic carbocycles. The van der Waals surface area contributed by atoms with Gasteiger partial charge in [-0.1, -0.05) is 66.4 Å². The zero-order valence-electron chi connectivity index (χ0n) is 25.4. The van der Waals surface area contributed by atoms with Crippen molar-refractivity contribution in [1.29, 1.82) is 0 Å². The molecule has 1 N–H and O–H groups in total. The van der Waals surface area contributed by atoms with Crippen molar-refractivity contribution in [2.24, 2.45) is 0 Å². The lowest BCUT2D eigenvalue weighted by atomic mass is 10.1. The average Bonchev–Trinajstić information content (AvgIpc) is 2.85. The van der Waals surface area contributed by atoms with Gasteiger partial charge in [0.05, 0.1) is 16.9 Å². The van der Waals surface area contributed by atoms with Gasteiger partial charge in [0, 0.05) is 25.2 Å². The lowest BCUT2D eigenvalue weighted by Crippen LogP contribution is -2.33. The minimum absolute atomic E-state index is 0.203. The fourth-order valence-electron chi connectivity index (χ4n) is 5.65. The van der Waals surface area contributed by atoms with Crippen molar-refractivity contribution in [3.05, 3.63) is 87.5 Å². The van der Waals surface area contributed by atoms with Crippen molar-refractivity contribution in [3.8, 4) is 5.75 Å². The first-order chi connectivity index (χ1) is 19.3. The molecule has 0 spiro atoms. The van der Waals surface area contributed by atoms with Crippen LogP contribution < -0.4 is 9.46 Å². The molecule has 0 heterocycles. The van der Waals surface area contributed by atoms with Crippen molar-refractivity contribution >= 4 is 20.0 Å². The Morgan fingerprint density at radius 1 is 0.707 bits per heavy atom. The minimum Gasteiger partial charge on any atom is -0.496 e. The molecule has 0 amide bonds. The van der Waals surface area contributed by atoms with Crippen molar-refractivity contribution < 1.29 is 21.6 Å². The monoisotopic (exact) mass is 600 g/mol. The van der Waals surface area contributed by atoms with Gasteiger partial charge in [-0.2, -0.15) is 4.31 Å². The minimum atomic E-state index is -3.77. The van der Waals surface area contributed by atoms with Crippen LogP contribution in [-0.2, 0) is 26.6 Å². The van der Waals surface area contributed by atoms with E-state index >= 15 is 0 Å². The maximum atomic E-state index is 14.0. The van der Waals surface area contributed by atoms with Crippen LogP contribution in [0.5, 0.6) is 5.75 Å². The molecule has 0 atom stereocenters. The quantitative estimate of drug-likeness (QED) is 0.220. The molecule has 0 unspecified atom stereocenters. The Kier molecular flexibility index (Phi) is 11.2. The predicted molar refractivity (Wildman–Crippen MR) is 166 cm³/mol. The molecular weight excluding hydrogens is 556 g/mol. The fraction of sp³-hybridized carbons (Fsp3) is 0.438. The summed E-state index contributed by atoms with van der Waals surface area (Å²) in [7, 11) is -5.79. The fourth-order valence-corrected chi connectivity index (χ4v) is 9.04. The van der Waals surface area contributed by atoms with Crippen molar-refractivity contribution in [1.82, 2.24) is 9.03 Å². The number of methoxy groups -OCH3 is 1. The first kappa shape index (κ1) is 32.8. The molecule has 3 rings (SSSR count). The zero-order valence-corrected chi connectivity index (χ0v) is 27.0. The summed E-state index contributed by atoms with van der Waals surface area (Å²) < 4.78 is 63.6. The van der Waals surface area contributed by atoms with Crippen LogP contribution in [0.2, 0.25) is 0 Å². The van der Waals surface area contributed by atoms with Crippen LogP contribution >= 0.6 is 0 Å². The lowest BCUT2D eigenvalue weighted by molar-refractivity contribution is 0.371. The van der Waals surface area contributed by atoms with Gasteiger partial charge < -0.3 is 4.74 Å². The topological polar surface area (TPSA) is 92.8 Å². The van der Waals surface area contributed by atoms with Crippen LogP contribution in [-0.4, -0.2) is 41.3 Å². The van der Waals surface area contributed by atoms with Crippen LogP contribution in [0.4, 0.5) is 0 Å². The Hall–Kier alpha value is -2.72. The first-order valence-electron chi connectivity index (χ1n) is 14.1. The maximum Gasteiger partial charge on any atom is 0.243 e. The summed E-state index contributed by atoms with van der Waals surface area (Å²) >= 11 is 0. The van der Waals surface area contributed by atoms with Gasteiger partial charge in [-0.25, -0.2) is 21.6 Å². The Balaban J connectivity index is 1.66. The summed E-state index contributed by atoms with van der Waals surface area (Å²) in [6, 6.07) is 15.0. The zero-order chi connectivity index (χ0) is 30.4. The number of nitrogens with zero attached hydrogens (tertiary/aromatic N) is 1. The van der Waals surface area contributed by atoms with Crippen LogP contribution in [0, 0.1) is 41.5 Å². The third-order valence-electron chi connectivity index (χ3n) is 7.24. The molecule has 0 radical (unpaired) electrons. The highest BCUT2D eigenvalue weighted by atomic mass is 32.2. The van der Waals surface area contributed by atoms with E-state index in [1.807, 2.05) is 90.1 Å². The third kappa shape index (κ3) is 8.19. The average molecular weight is 601 g/mol. The molecule has 3 aromatic rings. The van der Waals surface area contributed by atoms with Crippen molar-refractivity contribution in [3.63, 3.8) is 0 Å².